The van der Waals surface area contributed by atoms with E-state index in [4.69, 9.17) is 0 Å². The van der Waals surface area contributed by atoms with Gasteiger partial charge in [0.2, 0.25) is 5.91 Å². The second kappa shape index (κ2) is 6.27. The highest BCUT2D eigenvalue weighted by molar-refractivity contribution is 6.81. The lowest BCUT2D eigenvalue weighted by Gasteiger charge is -2.16. The Morgan fingerprint density at radius 2 is 1.76 bits per heavy atom. The Morgan fingerprint density at radius 1 is 1.10 bits per heavy atom. The summed E-state index contributed by atoms with van der Waals surface area (Å²) < 4.78 is 0. The molecule has 2 aromatic rings. The minimum absolute atomic E-state index is 0.0746. The summed E-state index contributed by atoms with van der Waals surface area (Å²) in [5.41, 5.74) is 3.25. The van der Waals surface area contributed by atoms with Crippen LogP contribution >= 0.6 is 0 Å². The molecule has 0 aliphatic rings. The minimum atomic E-state index is -1.32. The van der Waals surface area contributed by atoms with Gasteiger partial charge in [-0.1, -0.05) is 61.7 Å². The molecule has 0 unspecified atom stereocenters. The first-order chi connectivity index (χ1) is 9.85. The van der Waals surface area contributed by atoms with Crippen molar-refractivity contribution in [3.05, 3.63) is 59.8 Å². The first-order valence-electron chi connectivity index (χ1n) is 7.27. The van der Waals surface area contributed by atoms with Crippen LogP contribution in [0.1, 0.15) is 5.56 Å². The van der Waals surface area contributed by atoms with Crippen LogP contribution in [0.5, 0.6) is 0 Å². The Morgan fingerprint density at radius 3 is 2.43 bits per heavy atom. The van der Waals surface area contributed by atoms with Crippen molar-refractivity contribution in [2.24, 2.45) is 0 Å². The van der Waals surface area contributed by atoms with Crippen LogP contribution in [-0.2, 0) is 11.3 Å². The molecule has 3 heteroatoms. The van der Waals surface area contributed by atoms with E-state index in [0.29, 0.717) is 6.54 Å². The molecule has 110 valence electrons. The van der Waals surface area contributed by atoms with Crippen molar-refractivity contribution >= 4 is 24.8 Å². The third kappa shape index (κ3) is 4.57. The Labute approximate surface area is 128 Å². The van der Waals surface area contributed by atoms with Crippen molar-refractivity contribution in [2.45, 2.75) is 26.2 Å². The summed E-state index contributed by atoms with van der Waals surface area (Å²) in [6.45, 7) is 7.31. The molecule has 0 saturated heterocycles. The molecule has 0 aromatic heterocycles. The molecule has 0 N–H and O–H groups in total. The van der Waals surface area contributed by atoms with Crippen LogP contribution in [0.25, 0.3) is 10.8 Å². The number of amides is 1. The molecule has 1 amide bonds. The molecule has 0 saturated carbocycles. The van der Waals surface area contributed by atoms with E-state index in [1.165, 1.54) is 10.8 Å². The average molecular weight is 297 g/mol. The van der Waals surface area contributed by atoms with Crippen molar-refractivity contribution in [1.82, 2.24) is 4.90 Å². The summed E-state index contributed by atoms with van der Waals surface area (Å²) in [6.07, 6.45) is 1.73. The summed E-state index contributed by atoms with van der Waals surface area (Å²) in [4.78, 5) is 13.9. The van der Waals surface area contributed by atoms with Gasteiger partial charge < -0.3 is 4.90 Å². The Bertz CT molecular complexity index is 670. The zero-order valence-electron chi connectivity index (χ0n) is 13.3. The largest absolute Gasteiger partial charge is 0.338 e. The lowest BCUT2D eigenvalue weighted by molar-refractivity contribution is -0.125. The minimum Gasteiger partial charge on any atom is -0.338 e. The highest BCUT2D eigenvalue weighted by Crippen LogP contribution is 2.16. The molecule has 0 heterocycles. The van der Waals surface area contributed by atoms with E-state index in [1.54, 1.807) is 11.0 Å². The number of carbonyl (C=O) groups excluding carboxylic acids is 1. The van der Waals surface area contributed by atoms with Crippen LogP contribution in [0.3, 0.4) is 0 Å². The van der Waals surface area contributed by atoms with Crippen molar-refractivity contribution in [3.63, 3.8) is 0 Å². The van der Waals surface area contributed by atoms with Gasteiger partial charge in [0, 0.05) is 13.6 Å². The number of fused-ring (bicyclic) bond motifs is 1. The van der Waals surface area contributed by atoms with Crippen molar-refractivity contribution in [3.8, 4) is 0 Å². The number of rotatable bonds is 4. The van der Waals surface area contributed by atoms with Crippen LogP contribution in [-0.4, -0.2) is 25.9 Å². The molecule has 0 fully saturated rings. The van der Waals surface area contributed by atoms with Gasteiger partial charge >= 0.3 is 0 Å². The van der Waals surface area contributed by atoms with Crippen molar-refractivity contribution in [1.29, 1.82) is 0 Å². The maximum atomic E-state index is 12.1. The number of hydrogen-bond acceptors (Lipinski definition) is 1. The predicted molar refractivity (Wildman–Crippen MR) is 92.9 cm³/mol. The number of carbonyl (C=O) groups is 1. The number of hydrogen-bond donors (Lipinski definition) is 0. The summed E-state index contributed by atoms with van der Waals surface area (Å²) in [7, 11) is 0.531. The number of benzene rings is 2. The molecule has 0 bridgehead atoms. The second-order valence-electron chi connectivity index (χ2n) is 6.58. The van der Waals surface area contributed by atoms with Gasteiger partial charge in [0.1, 0.15) is 0 Å². The quantitative estimate of drug-likeness (QED) is 0.611. The maximum Gasteiger partial charge on any atom is 0.245 e. The maximum absolute atomic E-state index is 12.1. The van der Waals surface area contributed by atoms with Crippen LogP contribution < -0.4 is 0 Å². The second-order valence-corrected chi connectivity index (χ2v) is 11.6. The van der Waals surface area contributed by atoms with Crippen molar-refractivity contribution in [2.75, 3.05) is 7.05 Å². The van der Waals surface area contributed by atoms with Gasteiger partial charge in [-0.3, -0.25) is 4.79 Å². The summed E-state index contributed by atoms with van der Waals surface area (Å²) in [6, 6.07) is 14.6. The number of likely N-dealkylation sites (N-methyl/N-ethyl adjacent to an activating group) is 1. The van der Waals surface area contributed by atoms with E-state index in [2.05, 4.69) is 55.7 Å². The molecular weight excluding hydrogens is 274 g/mol. The van der Waals surface area contributed by atoms with Gasteiger partial charge in [0.15, 0.2) is 0 Å². The van der Waals surface area contributed by atoms with E-state index in [9.17, 15) is 4.79 Å². The predicted octanol–water partition coefficient (Wildman–Crippen LogP) is 4.23. The molecule has 0 aliphatic heterocycles. The van der Waals surface area contributed by atoms with Gasteiger partial charge in [0.05, 0.1) is 8.07 Å². The van der Waals surface area contributed by atoms with Crippen LogP contribution in [0.15, 0.2) is 54.2 Å². The normalized spacial score (nSPS) is 12.0. The molecule has 21 heavy (non-hydrogen) atoms. The molecule has 0 radical (unpaired) electrons. The molecule has 2 nitrogen and oxygen atoms in total. The number of nitrogens with zero attached hydrogens (tertiary/aromatic N) is 1. The molecule has 2 aromatic carbocycles. The summed E-state index contributed by atoms with van der Waals surface area (Å²) in [5.74, 6) is 0.0746. The van der Waals surface area contributed by atoms with E-state index in [0.717, 1.165) is 5.56 Å². The fourth-order valence-corrected chi connectivity index (χ4v) is 2.78. The first kappa shape index (κ1) is 15.5. The lowest BCUT2D eigenvalue weighted by atomic mass is 10.1. The third-order valence-corrected chi connectivity index (χ3v) is 4.50. The zero-order valence-corrected chi connectivity index (χ0v) is 14.3. The Kier molecular flexibility index (Phi) is 4.63. The van der Waals surface area contributed by atoms with E-state index < -0.39 is 8.07 Å². The van der Waals surface area contributed by atoms with Gasteiger partial charge in [-0.15, -0.1) is 0 Å². The first-order valence-corrected chi connectivity index (χ1v) is 10.8. The van der Waals surface area contributed by atoms with Gasteiger partial charge in [-0.25, -0.2) is 0 Å². The lowest BCUT2D eigenvalue weighted by Crippen LogP contribution is -2.25. The molecular formula is C18H23NOSi. The fraction of sp³-hybridized carbons (Fsp3) is 0.278. The Balaban J connectivity index is 2.08. The average Bonchev–Trinajstić information content (AvgIpc) is 2.43. The topological polar surface area (TPSA) is 20.3 Å². The van der Waals surface area contributed by atoms with Crippen LogP contribution in [0.4, 0.5) is 0 Å². The highest BCUT2D eigenvalue weighted by atomic mass is 28.3. The molecule has 2 rings (SSSR count). The van der Waals surface area contributed by atoms with E-state index in [1.807, 2.05) is 19.2 Å². The molecule has 0 aliphatic carbocycles. The third-order valence-electron chi connectivity index (χ3n) is 3.34. The summed E-state index contributed by atoms with van der Waals surface area (Å²) in [5, 5.41) is 2.45. The fourth-order valence-electron chi connectivity index (χ4n) is 2.14. The van der Waals surface area contributed by atoms with E-state index in [-0.39, 0.29) is 5.91 Å². The molecule has 0 atom stereocenters. The monoisotopic (exact) mass is 297 g/mol. The standard InChI is InChI=1S/C18H23NOSi/c1-19(18(20)11-12-21(2,3)4)14-15-9-10-16-7-5-6-8-17(16)13-15/h5-13H,14H2,1-4H3/b12-11+. The SMILES string of the molecule is CN(Cc1ccc2ccccc2c1)C(=O)/C=C/[Si](C)(C)C. The smallest absolute Gasteiger partial charge is 0.245 e. The van der Waals surface area contributed by atoms with Crippen molar-refractivity contribution < 1.29 is 4.79 Å². The Hall–Kier alpha value is -1.87. The van der Waals surface area contributed by atoms with Gasteiger partial charge in [-0.05, 0) is 28.5 Å². The highest BCUT2D eigenvalue weighted by Gasteiger charge is 2.11. The van der Waals surface area contributed by atoms with Crippen LogP contribution in [0, 0.1) is 0 Å². The summed E-state index contributed by atoms with van der Waals surface area (Å²) >= 11 is 0. The van der Waals surface area contributed by atoms with Crippen LogP contribution in [0.2, 0.25) is 19.6 Å². The van der Waals surface area contributed by atoms with Gasteiger partial charge in [0.25, 0.3) is 0 Å². The zero-order chi connectivity index (χ0) is 15.5. The van der Waals surface area contributed by atoms with E-state index >= 15 is 0 Å². The van der Waals surface area contributed by atoms with Gasteiger partial charge in [-0.2, -0.15) is 0 Å². The molecule has 0 spiro atoms.